The van der Waals surface area contributed by atoms with Crippen LogP contribution in [0.5, 0.6) is 5.75 Å². The smallest absolute Gasteiger partial charge is 0.173 e. The van der Waals surface area contributed by atoms with E-state index in [0.29, 0.717) is 5.82 Å². The third kappa shape index (κ3) is 2.40. The molecule has 1 fully saturated rings. The van der Waals surface area contributed by atoms with Gasteiger partial charge in [-0.3, -0.25) is 0 Å². The molecule has 2 aromatic rings. The summed E-state index contributed by atoms with van der Waals surface area (Å²) in [5.41, 5.74) is 6.00. The molecule has 2 atom stereocenters. The highest BCUT2D eigenvalue weighted by Crippen LogP contribution is 2.37. The van der Waals surface area contributed by atoms with Gasteiger partial charge in [-0.1, -0.05) is 0 Å². The molecule has 1 aliphatic rings. The van der Waals surface area contributed by atoms with Crippen LogP contribution in [0.15, 0.2) is 24.5 Å². The van der Waals surface area contributed by atoms with Gasteiger partial charge in [0.1, 0.15) is 11.6 Å². The first-order valence-electron chi connectivity index (χ1n) is 6.92. The number of benzene rings is 1. The highest BCUT2D eigenvalue weighted by atomic mass is 19.2. The van der Waals surface area contributed by atoms with E-state index in [2.05, 4.69) is 4.98 Å². The number of hydrogen-bond donors (Lipinski definition) is 1. The molecular weight excluding hydrogens is 276 g/mol. The van der Waals surface area contributed by atoms with Crippen LogP contribution in [-0.4, -0.2) is 22.7 Å². The van der Waals surface area contributed by atoms with Crippen molar-refractivity contribution in [1.29, 1.82) is 0 Å². The van der Waals surface area contributed by atoms with Crippen LogP contribution in [0.2, 0.25) is 0 Å². The predicted octanol–water partition coefficient (Wildman–Crippen LogP) is 2.89. The molecule has 21 heavy (non-hydrogen) atoms. The van der Waals surface area contributed by atoms with Crippen molar-refractivity contribution in [1.82, 2.24) is 9.55 Å². The molecule has 0 unspecified atom stereocenters. The topological polar surface area (TPSA) is 53.1 Å². The van der Waals surface area contributed by atoms with Crippen molar-refractivity contribution in [2.24, 2.45) is 5.73 Å². The van der Waals surface area contributed by atoms with Gasteiger partial charge in [-0.15, -0.1) is 0 Å². The fraction of sp³-hybridized carbons (Fsp3) is 0.400. The summed E-state index contributed by atoms with van der Waals surface area (Å²) >= 11 is 0. The maximum Gasteiger partial charge on any atom is 0.173 e. The zero-order valence-corrected chi connectivity index (χ0v) is 11.7. The van der Waals surface area contributed by atoms with Crippen molar-refractivity contribution in [2.75, 3.05) is 7.11 Å². The van der Waals surface area contributed by atoms with Crippen LogP contribution in [0.1, 0.15) is 25.3 Å². The molecule has 1 heterocycles. The van der Waals surface area contributed by atoms with E-state index in [-0.39, 0.29) is 23.4 Å². The third-order valence-corrected chi connectivity index (χ3v) is 4.01. The zero-order chi connectivity index (χ0) is 15.0. The molecule has 0 aliphatic heterocycles. The van der Waals surface area contributed by atoms with Gasteiger partial charge in [0.05, 0.1) is 12.7 Å². The van der Waals surface area contributed by atoms with E-state index >= 15 is 0 Å². The minimum absolute atomic E-state index is 0.0583. The number of methoxy groups -OCH3 is 1. The number of hydrogen-bond acceptors (Lipinski definition) is 3. The van der Waals surface area contributed by atoms with Crippen molar-refractivity contribution >= 4 is 0 Å². The van der Waals surface area contributed by atoms with Crippen LogP contribution < -0.4 is 10.5 Å². The quantitative estimate of drug-likeness (QED) is 0.946. The molecule has 0 saturated heterocycles. The SMILES string of the molecule is COc1ccc(F)c(F)c1-c1nccn1[C@@H]1CC[C@H](N)C1. The summed E-state index contributed by atoms with van der Waals surface area (Å²) in [6.07, 6.45) is 6.00. The van der Waals surface area contributed by atoms with E-state index in [9.17, 15) is 8.78 Å². The minimum Gasteiger partial charge on any atom is -0.496 e. The third-order valence-electron chi connectivity index (χ3n) is 4.01. The number of imidazole rings is 1. The van der Waals surface area contributed by atoms with Gasteiger partial charge in [0.2, 0.25) is 0 Å². The van der Waals surface area contributed by atoms with Gasteiger partial charge in [-0.2, -0.15) is 0 Å². The summed E-state index contributed by atoms with van der Waals surface area (Å²) in [4.78, 5) is 4.20. The summed E-state index contributed by atoms with van der Waals surface area (Å²) in [5.74, 6) is -1.21. The highest BCUT2D eigenvalue weighted by molar-refractivity contribution is 5.65. The first kappa shape index (κ1) is 14.0. The molecule has 0 spiro atoms. The molecule has 1 aliphatic carbocycles. The normalized spacial score (nSPS) is 21.7. The molecule has 0 amide bonds. The van der Waals surface area contributed by atoms with E-state index in [1.165, 1.54) is 13.2 Å². The van der Waals surface area contributed by atoms with Crippen LogP contribution in [0, 0.1) is 11.6 Å². The Morgan fingerprint density at radius 3 is 2.81 bits per heavy atom. The Kier molecular flexibility index (Phi) is 3.63. The predicted molar refractivity (Wildman–Crippen MR) is 75.0 cm³/mol. The van der Waals surface area contributed by atoms with Crippen LogP contribution in [0.25, 0.3) is 11.4 Å². The second-order valence-corrected chi connectivity index (χ2v) is 5.32. The monoisotopic (exact) mass is 293 g/mol. The van der Waals surface area contributed by atoms with Crippen molar-refractivity contribution in [3.8, 4) is 17.1 Å². The van der Waals surface area contributed by atoms with Gasteiger partial charge in [0.15, 0.2) is 11.6 Å². The van der Waals surface area contributed by atoms with E-state index in [4.69, 9.17) is 10.5 Å². The fourth-order valence-electron chi connectivity index (χ4n) is 2.96. The molecular formula is C15H17F2N3O. The van der Waals surface area contributed by atoms with Crippen molar-refractivity contribution in [2.45, 2.75) is 31.3 Å². The summed E-state index contributed by atoms with van der Waals surface area (Å²) in [7, 11) is 1.43. The first-order chi connectivity index (χ1) is 10.1. The van der Waals surface area contributed by atoms with Crippen molar-refractivity contribution < 1.29 is 13.5 Å². The van der Waals surface area contributed by atoms with Crippen molar-refractivity contribution in [3.63, 3.8) is 0 Å². The first-order valence-corrected chi connectivity index (χ1v) is 6.92. The zero-order valence-electron chi connectivity index (χ0n) is 11.7. The number of rotatable bonds is 3. The molecule has 0 radical (unpaired) electrons. The molecule has 1 aromatic heterocycles. The summed E-state index contributed by atoms with van der Waals surface area (Å²) < 4.78 is 34.8. The minimum atomic E-state index is -0.941. The Hall–Kier alpha value is -1.95. The summed E-state index contributed by atoms with van der Waals surface area (Å²) in [6.45, 7) is 0. The van der Waals surface area contributed by atoms with Gasteiger partial charge >= 0.3 is 0 Å². The summed E-state index contributed by atoms with van der Waals surface area (Å²) in [5, 5.41) is 0. The molecule has 6 heteroatoms. The average molecular weight is 293 g/mol. The lowest BCUT2D eigenvalue weighted by Gasteiger charge is -2.17. The van der Waals surface area contributed by atoms with E-state index in [1.807, 2.05) is 4.57 Å². The molecule has 112 valence electrons. The number of ether oxygens (including phenoxy) is 1. The van der Waals surface area contributed by atoms with Gasteiger partial charge in [-0.25, -0.2) is 13.8 Å². The van der Waals surface area contributed by atoms with Crippen LogP contribution in [0.4, 0.5) is 8.78 Å². The molecule has 3 rings (SSSR count). The lowest BCUT2D eigenvalue weighted by molar-refractivity contribution is 0.407. The number of halogens is 2. The maximum absolute atomic E-state index is 14.2. The second kappa shape index (κ2) is 5.44. The van der Waals surface area contributed by atoms with Crippen LogP contribution in [0.3, 0.4) is 0 Å². The Labute approximate surface area is 121 Å². The Morgan fingerprint density at radius 1 is 1.33 bits per heavy atom. The molecule has 4 nitrogen and oxygen atoms in total. The Balaban J connectivity index is 2.10. The van der Waals surface area contributed by atoms with E-state index < -0.39 is 11.6 Å². The van der Waals surface area contributed by atoms with Gasteiger partial charge in [0, 0.05) is 24.5 Å². The van der Waals surface area contributed by atoms with E-state index in [1.54, 1.807) is 12.4 Å². The van der Waals surface area contributed by atoms with Gasteiger partial charge in [0.25, 0.3) is 0 Å². The molecule has 2 N–H and O–H groups in total. The standard InChI is InChI=1S/C15H17F2N3O/c1-21-12-5-4-11(16)14(17)13(12)15-19-6-7-20(15)10-3-2-9(18)8-10/h4-7,9-10H,2-3,8,18H2,1H3/t9-,10+/m0/s1. The molecule has 1 aromatic carbocycles. The Morgan fingerprint density at radius 2 is 2.14 bits per heavy atom. The lowest BCUT2D eigenvalue weighted by atomic mass is 10.1. The second-order valence-electron chi connectivity index (χ2n) is 5.32. The molecule has 0 bridgehead atoms. The maximum atomic E-state index is 14.2. The van der Waals surface area contributed by atoms with Crippen molar-refractivity contribution in [3.05, 3.63) is 36.2 Å². The van der Waals surface area contributed by atoms with Gasteiger partial charge in [-0.05, 0) is 31.4 Å². The number of nitrogens with zero attached hydrogens (tertiary/aromatic N) is 2. The molecule has 1 saturated carbocycles. The number of nitrogens with two attached hydrogens (primary N) is 1. The van der Waals surface area contributed by atoms with Crippen LogP contribution in [-0.2, 0) is 0 Å². The highest BCUT2D eigenvalue weighted by Gasteiger charge is 2.27. The fourth-order valence-corrected chi connectivity index (χ4v) is 2.96. The van der Waals surface area contributed by atoms with Crippen LogP contribution >= 0.6 is 0 Å². The van der Waals surface area contributed by atoms with Gasteiger partial charge < -0.3 is 15.0 Å². The number of aromatic nitrogens is 2. The largest absolute Gasteiger partial charge is 0.496 e. The Bertz CT molecular complexity index is 656. The van der Waals surface area contributed by atoms with E-state index in [0.717, 1.165) is 25.3 Å². The summed E-state index contributed by atoms with van der Waals surface area (Å²) in [6, 6.07) is 2.76. The average Bonchev–Trinajstić information content (AvgIpc) is 3.10. The lowest BCUT2D eigenvalue weighted by Crippen LogP contribution is -2.16.